The Morgan fingerprint density at radius 1 is 1.50 bits per heavy atom. The number of carbonyl (C=O) groups excluding carboxylic acids is 1. The number of rotatable bonds is 3. The first-order chi connectivity index (χ1) is 8.47. The van der Waals surface area contributed by atoms with Gasteiger partial charge in [-0.3, -0.25) is 9.69 Å². The van der Waals surface area contributed by atoms with Crippen LogP contribution < -0.4 is 0 Å². The van der Waals surface area contributed by atoms with E-state index in [0.29, 0.717) is 12.0 Å². The summed E-state index contributed by atoms with van der Waals surface area (Å²) in [5, 5.41) is 9.59. The highest BCUT2D eigenvalue weighted by Gasteiger charge is 2.28. The van der Waals surface area contributed by atoms with Crippen LogP contribution in [-0.2, 0) is 0 Å². The Labute approximate surface area is 106 Å². The SMILES string of the molecule is CC1CC(C)N(CC(=O)c2cc(F)ccc2O)C1. The lowest BCUT2D eigenvalue weighted by atomic mass is 10.1. The zero-order valence-corrected chi connectivity index (χ0v) is 10.7. The van der Waals surface area contributed by atoms with E-state index in [0.717, 1.165) is 25.1 Å². The summed E-state index contributed by atoms with van der Waals surface area (Å²) in [5.41, 5.74) is 0.0711. The van der Waals surface area contributed by atoms with Gasteiger partial charge in [-0.25, -0.2) is 4.39 Å². The number of nitrogens with zero attached hydrogens (tertiary/aromatic N) is 1. The summed E-state index contributed by atoms with van der Waals surface area (Å²) in [6.45, 7) is 5.36. The van der Waals surface area contributed by atoms with Crippen molar-refractivity contribution < 1.29 is 14.3 Å². The molecule has 18 heavy (non-hydrogen) atoms. The normalized spacial score (nSPS) is 24.4. The van der Waals surface area contributed by atoms with Gasteiger partial charge in [0, 0.05) is 12.6 Å². The number of benzene rings is 1. The number of hydrogen-bond acceptors (Lipinski definition) is 3. The van der Waals surface area contributed by atoms with Crippen molar-refractivity contribution in [1.29, 1.82) is 0 Å². The molecule has 0 amide bonds. The van der Waals surface area contributed by atoms with Gasteiger partial charge < -0.3 is 5.11 Å². The maximum atomic E-state index is 13.1. The Hall–Kier alpha value is -1.42. The molecule has 0 aromatic heterocycles. The zero-order valence-electron chi connectivity index (χ0n) is 10.7. The Bertz CT molecular complexity index is 461. The van der Waals surface area contributed by atoms with Crippen molar-refractivity contribution in [2.45, 2.75) is 26.3 Å². The predicted octanol–water partition coefficient (Wildman–Crippen LogP) is 2.44. The minimum absolute atomic E-state index is 0.0711. The van der Waals surface area contributed by atoms with E-state index in [1.165, 1.54) is 6.07 Å². The average Bonchev–Trinajstić information content (AvgIpc) is 2.61. The number of Topliss-reactive ketones (excluding diaryl/α,β-unsaturated/α-hetero) is 1. The van der Waals surface area contributed by atoms with Gasteiger partial charge in [0.25, 0.3) is 0 Å². The van der Waals surface area contributed by atoms with Crippen LogP contribution in [0.25, 0.3) is 0 Å². The third kappa shape index (κ3) is 2.70. The van der Waals surface area contributed by atoms with Crippen LogP contribution in [0, 0.1) is 11.7 Å². The van der Waals surface area contributed by atoms with Gasteiger partial charge in [0.2, 0.25) is 0 Å². The molecule has 1 N–H and O–H groups in total. The van der Waals surface area contributed by atoms with E-state index in [2.05, 4.69) is 18.7 Å². The molecule has 1 heterocycles. The molecule has 2 unspecified atom stereocenters. The monoisotopic (exact) mass is 251 g/mol. The fourth-order valence-corrected chi connectivity index (χ4v) is 2.61. The Balaban J connectivity index is 2.10. The van der Waals surface area contributed by atoms with Gasteiger partial charge in [0.15, 0.2) is 5.78 Å². The zero-order chi connectivity index (χ0) is 13.3. The summed E-state index contributed by atoms with van der Waals surface area (Å²) in [6.07, 6.45) is 1.07. The van der Waals surface area contributed by atoms with Crippen LogP contribution >= 0.6 is 0 Å². The summed E-state index contributed by atoms with van der Waals surface area (Å²) in [5.74, 6) is -0.304. The fraction of sp³-hybridized carbons (Fsp3) is 0.500. The number of carbonyl (C=O) groups is 1. The number of hydrogen-bond donors (Lipinski definition) is 1. The van der Waals surface area contributed by atoms with Crippen LogP contribution in [0.4, 0.5) is 4.39 Å². The summed E-state index contributed by atoms with van der Waals surface area (Å²) in [6, 6.07) is 3.83. The second-order valence-electron chi connectivity index (χ2n) is 5.20. The lowest BCUT2D eigenvalue weighted by Gasteiger charge is -2.20. The molecular formula is C14H18FNO2. The van der Waals surface area contributed by atoms with Gasteiger partial charge >= 0.3 is 0 Å². The molecule has 0 aliphatic carbocycles. The molecule has 2 atom stereocenters. The minimum Gasteiger partial charge on any atom is -0.507 e. The van der Waals surface area contributed by atoms with Gasteiger partial charge in [-0.2, -0.15) is 0 Å². The molecule has 3 nitrogen and oxygen atoms in total. The van der Waals surface area contributed by atoms with Crippen molar-refractivity contribution in [3.8, 4) is 5.75 Å². The number of aromatic hydroxyl groups is 1. The van der Waals surface area contributed by atoms with Crippen molar-refractivity contribution in [3.05, 3.63) is 29.6 Å². The molecule has 1 aromatic carbocycles. The Morgan fingerprint density at radius 3 is 2.83 bits per heavy atom. The topological polar surface area (TPSA) is 40.5 Å². The van der Waals surface area contributed by atoms with Crippen LogP contribution in [0.5, 0.6) is 5.75 Å². The maximum Gasteiger partial charge on any atom is 0.180 e. The largest absolute Gasteiger partial charge is 0.507 e. The van der Waals surface area contributed by atoms with Crippen molar-refractivity contribution in [2.24, 2.45) is 5.92 Å². The third-order valence-electron chi connectivity index (χ3n) is 3.52. The van der Waals surface area contributed by atoms with Crippen molar-refractivity contribution >= 4 is 5.78 Å². The highest BCUT2D eigenvalue weighted by atomic mass is 19.1. The van der Waals surface area contributed by atoms with Crippen LogP contribution in [0.1, 0.15) is 30.6 Å². The van der Waals surface area contributed by atoms with Crippen LogP contribution in [0.3, 0.4) is 0 Å². The number of halogens is 1. The molecule has 0 bridgehead atoms. The molecule has 4 heteroatoms. The van der Waals surface area contributed by atoms with Gasteiger partial charge in [-0.15, -0.1) is 0 Å². The lowest BCUT2D eigenvalue weighted by Crippen LogP contribution is -2.32. The molecule has 98 valence electrons. The number of phenols is 1. The first-order valence-corrected chi connectivity index (χ1v) is 6.23. The van der Waals surface area contributed by atoms with Crippen LogP contribution in [-0.4, -0.2) is 34.9 Å². The number of likely N-dealkylation sites (tertiary alicyclic amines) is 1. The smallest absolute Gasteiger partial charge is 0.180 e. The maximum absolute atomic E-state index is 13.1. The van der Waals surface area contributed by atoms with Gasteiger partial charge in [-0.05, 0) is 37.5 Å². The van der Waals surface area contributed by atoms with Crippen molar-refractivity contribution in [1.82, 2.24) is 4.90 Å². The predicted molar refractivity (Wildman–Crippen MR) is 67.2 cm³/mol. The first kappa shape index (κ1) is 13.0. The minimum atomic E-state index is -0.501. The van der Waals surface area contributed by atoms with Gasteiger partial charge in [0.1, 0.15) is 11.6 Å². The number of phenolic OH excluding ortho intramolecular Hbond substituents is 1. The molecule has 0 spiro atoms. The quantitative estimate of drug-likeness (QED) is 0.839. The second kappa shape index (κ2) is 5.06. The van der Waals surface area contributed by atoms with Gasteiger partial charge in [-0.1, -0.05) is 6.92 Å². The molecule has 1 saturated heterocycles. The van der Waals surface area contributed by atoms with Crippen molar-refractivity contribution in [3.63, 3.8) is 0 Å². The van der Waals surface area contributed by atoms with E-state index in [4.69, 9.17) is 0 Å². The van der Waals surface area contributed by atoms with Crippen molar-refractivity contribution in [2.75, 3.05) is 13.1 Å². The Morgan fingerprint density at radius 2 is 2.22 bits per heavy atom. The molecule has 2 rings (SSSR count). The molecule has 1 aliphatic heterocycles. The standard InChI is InChI=1S/C14H18FNO2/c1-9-5-10(2)16(7-9)8-14(18)12-6-11(15)3-4-13(12)17/h3-4,6,9-10,17H,5,7-8H2,1-2H3. The molecule has 1 aliphatic rings. The lowest BCUT2D eigenvalue weighted by molar-refractivity contribution is 0.0922. The molecule has 0 radical (unpaired) electrons. The third-order valence-corrected chi connectivity index (χ3v) is 3.52. The fourth-order valence-electron chi connectivity index (χ4n) is 2.61. The average molecular weight is 251 g/mol. The summed E-state index contributed by atoms with van der Waals surface area (Å²) in [7, 11) is 0. The molecular weight excluding hydrogens is 233 g/mol. The highest BCUT2D eigenvalue weighted by molar-refractivity contribution is 6.00. The second-order valence-corrected chi connectivity index (χ2v) is 5.20. The van der Waals surface area contributed by atoms with E-state index < -0.39 is 5.82 Å². The van der Waals surface area contributed by atoms with E-state index in [1.807, 2.05) is 0 Å². The number of ketones is 1. The summed E-state index contributed by atoms with van der Waals surface area (Å²) in [4.78, 5) is 14.1. The van der Waals surface area contributed by atoms with E-state index in [9.17, 15) is 14.3 Å². The molecule has 0 saturated carbocycles. The van der Waals surface area contributed by atoms with Crippen LogP contribution in [0.2, 0.25) is 0 Å². The molecule has 1 aromatic rings. The van der Waals surface area contributed by atoms with E-state index in [1.54, 1.807) is 0 Å². The van der Waals surface area contributed by atoms with E-state index >= 15 is 0 Å². The Kier molecular flexibility index (Phi) is 3.66. The summed E-state index contributed by atoms with van der Waals surface area (Å²) < 4.78 is 13.1. The highest BCUT2D eigenvalue weighted by Crippen LogP contribution is 2.24. The van der Waals surface area contributed by atoms with Gasteiger partial charge in [0.05, 0.1) is 12.1 Å². The van der Waals surface area contributed by atoms with Crippen LogP contribution in [0.15, 0.2) is 18.2 Å². The molecule has 1 fully saturated rings. The first-order valence-electron chi connectivity index (χ1n) is 6.23. The van der Waals surface area contributed by atoms with E-state index in [-0.39, 0.29) is 23.6 Å². The summed E-state index contributed by atoms with van der Waals surface area (Å²) >= 11 is 0.